The summed E-state index contributed by atoms with van der Waals surface area (Å²) < 4.78 is 0. The number of hydrogen-bond acceptors (Lipinski definition) is 3. The number of unbranched alkanes of at least 4 members (excludes halogenated alkanes) is 1. The average molecular weight is 388 g/mol. The van der Waals surface area contributed by atoms with E-state index in [-0.39, 0.29) is 18.2 Å². The van der Waals surface area contributed by atoms with Crippen molar-refractivity contribution >= 4 is 6.03 Å². The molecule has 2 unspecified atom stereocenters. The minimum atomic E-state index is -0.260. The van der Waals surface area contributed by atoms with E-state index in [2.05, 4.69) is 52.4 Å². The fourth-order valence-electron chi connectivity index (χ4n) is 4.56. The molecular formula is C23H37N3O2. The molecule has 0 bridgehead atoms. The van der Waals surface area contributed by atoms with Gasteiger partial charge in [0.2, 0.25) is 0 Å². The van der Waals surface area contributed by atoms with Gasteiger partial charge in [0.1, 0.15) is 0 Å². The van der Waals surface area contributed by atoms with Gasteiger partial charge in [-0.05, 0) is 50.5 Å². The van der Waals surface area contributed by atoms with Crippen LogP contribution in [0.5, 0.6) is 0 Å². The maximum absolute atomic E-state index is 13.0. The number of aliphatic hydroxyl groups excluding tert-OH is 1. The van der Waals surface area contributed by atoms with Crippen LogP contribution in [0, 0.1) is 0 Å². The third-order valence-electron chi connectivity index (χ3n) is 6.23. The molecule has 5 heteroatoms. The molecule has 1 heterocycles. The summed E-state index contributed by atoms with van der Waals surface area (Å²) >= 11 is 0. The Kier molecular flexibility index (Phi) is 8.16. The smallest absolute Gasteiger partial charge is 0.317 e. The van der Waals surface area contributed by atoms with Gasteiger partial charge in [-0.2, -0.15) is 0 Å². The van der Waals surface area contributed by atoms with E-state index in [1.165, 1.54) is 5.56 Å². The minimum absolute atomic E-state index is 0.0778. The normalized spacial score (nSPS) is 24.1. The third-order valence-corrected chi connectivity index (χ3v) is 6.23. The van der Waals surface area contributed by atoms with Gasteiger partial charge in [-0.3, -0.25) is 4.90 Å². The van der Waals surface area contributed by atoms with Crippen molar-refractivity contribution in [3.8, 4) is 0 Å². The van der Waals surface area contributed by atoms with E-state index in [1.807, 2.05) is 0 Å². The summed E-state index contributed by atoms with van der Waals surface area (Å²) in [6.07, 6.45) is 7.51. The minimum Gasteiger partial charge on any atom is -0.393 e. The van der Waals surface area contributed by atoms with E-state index in [0.29, 0.717) is 12.5 Å². The molecule has 0 radical (unpaired) electrons. The highest BCUT2D eigenvalue weighted by Gasteiger charge is 2.30. The number of rotatable bonds is 7. The number of piperidine rings is 1. The Morgan fingerprint density at radius 3 is 2.61 bits per heavy atom. The summed E-state index contributed by atoms with van der Waals surface area (Å²) in [5.74, 6) is 0. The van der Waals surface area contributed by atoms with Gasteiger partial charge in [-0.15, -0.1) is 0 Å². The van der Waals surface area contributed by atoms with Gasteiger partial charge in [0.25, 0.3) is 0 Å². The number of nitrogens with zero attached hydrogens (tertiary/aromatic N) is 2. The van der Waals surface area contributed by atoms with Crippen LogP contribution < -0.4 is 5.32 Å². The van der Waals surface area contributed by atoms with Crippen molar-refractivity contribution in [2.75, 3.05) is 19.6 Å². The zero-order valence-corrected chi connectivity index (χ0v) is 17.4. The van der Waals surface area contributed by atoms with Crippen LogP contribution in [-0.4, -0.2) is 58.8 Å². The molecule has 1 aliphatic carbocycles. The largest absolute Gasteiger partial charge is 0.393 e. The average Bonchev–Trinajstić information content (AvgIpc) is 2.70. The first kappa shape index (κ1) is 21.1. The van der Waals surface area contributed by atoms with Gasteiger partial charge in [-0.1, -0.05) is 43.7 Å². The van der Waals surface area contributed by atoms with Crippen molar-refractivity contribution in [2.45, 2.75) is 83.0 Å². The van der Waals surface area contributed by atoms with Crippen LogP contribution in [0.4, 0.5) is 4.79 Å². The molecule has 156 valence electrons. The number of hydrogen-bond donors (Lipinski definition) is 2. The Hall–Kier alpha value is -1.59. The summed E-state index contributed by atoms with van der Waals surface area (Å²) in [5.41, 5.74) is 1.36. The van der Waals surface area contributed by atoms with E-state index in [1.54, 1.807) is 0 Å². The first-order valence-electron chi connectivity index (χ1n) is 11.2. The van der Waals surface area contributed by atoms with Gasteiger partial charge < -0.3 is 15.3 Å². The van der Waals surface area contributed by atoms with Gasteiger partial charge in [0, 0.05) is 38.3 Å². The number of benzene rings is 1. The monoisotopic (exact) mass is 387 g/mol. The van der Waals surface area contributed by atoms with Crippen molar-refractivity contribution in [2.24, 2.45) is 0 Å². The Morgan fingerprint density at radius 2 is 1.93 bits per heavy atom. The quantitative estimate of drug-likeness (QED) is 0.749. The molecule has 2 aliphatic rings. The lowest BCUT2D eigenvalue weighted by Crippen LogP contribution is -2.53. The van der Waals surface area contributed by atoms with Gasteiger partial charge in [0.05, 0.1) is 6.10 Å². The van der Waals surface area contributed by atoms with Crippen molar-refractivity contribution in [3.63, 3.8) is 0 Å². The summed E-state index contributed by atoms with van der Waals surface area (Å²) in [4.78, 5) is 17.6. The molecule has 28 heavy (non-hydrogen) atoms. The highest BCUT2D eigenvalue weighted by molar-refractivity contribution is 5.75. The molecule has 1 saturated heterocycles. The summed E-state index contributed by atoms with van der Waals surface area (Å²) in [5, 5.41) is 13.1. The highest BCUT2D eigenvalue weighted by Crippen LogP contribution is 2.22. The SMILES string of the molecule is CCCCN(C(=O)NC1CCCC(O)C1)C1CCN(Cc2ccccc2)CC1. The number of likely N-dealkylation sites (tertiary alicyclic amines) is 1. The van der Waals surface area contributed by atoms with Crippen LogP contribution >= 0.6 is 0 Å². The number of nitrogens with one attached hydrogen (secondary N) is 1. The molecule has 0 spiro atoms. The highest BCUT2D eigenvalue weighted by atomic mass is 16.3. The topological polar surface area (TPSA) is 55.8 Å². The fourth-order valence-corrected chi connectivity index (χ4v) is 4.56. The van der Waals surface area contributed by atoms with Crippen LogP contribution in [-0.2, 0) is 6.54 Å². The standard InChI is InChI=1S/C23H37N3O2/c1-2-3-14-26(23(28)24-20-10-7-11-22(27)17-20)21-12-15-25(16-13-21)18-19-8-5-4-6-9-19/h4-6,8-9,20-22,27H,2-3,7,10-18H2,1H3,(H,24,28). The van der Waals surface area contributed by atoms with Crippen LogP contribution in [0.3, 0.4) is 0 Å². The molecule has 2 N–H and O–H groups in total. The van der Waals surface area contributed by atoms with Crippen LogP contribution in [0.1, 0.15) is 63.9 Å². The van der Waals surface area contributed by atoms with E-state index in [4.69, 9.17) is 0 Å². The van der Waals surface area contributed by atoms with Crippen molar-refractivity contribution in [3.05, 3.63) is 35.9 Å². The number of carbonyl (C=O) groups is 1. The maximum Gasteiger partial charge on any atom is 0.317 e. The number of aliphatic hydroxyl groups is 1. The Balaban J connectivity index is 1.52. The molecule has 3 rings (SSSR count). The molecule has 2 fully saturated rings. The van der Waals surface area contributed by atoms with Crippen LogP contribution in [0.2, 0.25) is 0 Å². The lowest BCUT2D eigenvalue weighted by Gasteiger charge is -2.39. The number of urea groups is 1. The predicted octanol–water partition coefficient (Wildman–Crippen LogP) is 3.77. The molecule has 1 aromatic rings. The fraction of sp³-hybridized carbons (Fsp3) is 0.696. The van der Waals surface area contributed by atoms with E-state index < -0.39 is 0 Å². The summed E-state index contributed by atoms with van der Waals surface area (Å²) in [7, 11) is 0. The van der Waals surface area contributed by atoms with E-state index in [9.17, 15) is 9.90 Å². The second-order valence-corrected chi connectivity index (χ2v) is 8.51. The zero-order chi connectivity index (χ0) is 19.8. The second-order valence-electron chi connectivity index (χ2n) is 8.51. The van der Waals surface area contributed by atoms with Crippen molar-refractivity contribution in [1.82, 2.24) is 15.1 Å². The van der Waals surface area contributed by atoms with Crippen molar-refractivity contribution in [1.29, 1.82) is 0 Å². The van der Waals surface area contributed by atoms with Gasteiger partial charge in [0.15, 0.2) is 0 Å². The lowest BCUT2D eigenvalue weighted by molar-refractivity contribution is 0.0980. The number of carbonyl (C=O) groups excluding carboxylic acids is 1. The first-order chi connectivity index (χ1) is 13.7. The molecule has 1 saturated carbocycles. The van der Waals surface area contributed by atoms with Crippen molar-refractivity contribution < 1.29 is 9.90 Å². The van der Waals surface area contributed by atoms with E-state index >= 15 is 0 Å². The molecule has 0 aromatic heterocycles. The molecule has 2 amide bonds. The third kappa shape index (κ3) is 6.21. The zero-order valence-electron chi connectivity index (χ0n) is 17.4. The molecule has 2 atom stereocenters. The molecule has 1 aromatic carbocycles. The Morgan fingerprint density at radius 1 is 1.18 bits per heavy atom. The van der Waals surface area contributed by atoms with E-state index in [0.717, 1.165) is 71.1 Å². The first-order valence-corrected chi connectivity index (χ1v) is 11.2. The Bertz CT molecular complexity index is 587. The number of amides is 2. The maximum atomic E-state index is 13.0. The predicted molar refractivity (Wildman–Crippen MR) is 113 cm³/mol. The van der Waals surface area contributed by atoms with Crippen LogP contribution in [0.25, 0.3) is 0 Å². The van der Waals surface area contributed by atoms with Crippen LogP contribution in [0.15, 0.2) is 30.3 Å². The molecule has 1 aliphatic heterocycles. The van der Waals surface area contributed by atoms with Gasteiger partial charge >= 0.3 is 6.03 Å². The second kappa shape index (κ2) is 10.8. The van der Waals surface area contributed by atoms with Gasteiger partial charge in [-0.25, -0.2) is 4.79 Å². The lowest BCUT2D eigenvalue weighted by atomic mass is 9.93. The Labute approximate surface area is 170 Å². The summed E-state index contributed by atoms with van der Waals surface area (Å²) in [6.45, 7) is 6.08. The molecule has 5 nitrogen and oxygen atoms in total. The molecular weight excluding hydrogens is 350 g/mol. The summed E-state index contributed by atoms with van der Waals surface area (Å²) in [6, 6.07) is 11.2.